The van der Waals surface area contributed by atoms with Crippen LogP contribution in [0.2, 0.25) is 0 Å². The number of pyridine rings is 2. The quantitative estimate of drug-likeness (QED) is 0.382. The van der Waals surface area contributed by atoms with Crippen molar-refractivity contribution in [3.05, 3.63) is 52.8 Å². The molecule has 0 aromatic carbocycles. The summed E-state index contributed by atoms with van der Waals surface area (Å²) in [7, 11) is 0. The van der Waals surface area contributed by atoms with Crippen LogP contribution < -0.4 is 5.73 Å². The van der Waals surface area contributed by atoms with Gasteiger partial charge in [-0.2, -0.15) is 26.3 Å². The molecule has 0 saturated heterocycles. The number of fused-ring (bicyclic) bond motifs is 5. The minimum Gasteiger partial charge on any atom is -0.416 e. The highest BCUT2D eigenvalue weighted by Crippen LogP contribution is 2.43. The van der Waals surface area contributed by atoms with Crippen molar-refractivity contribution in [3.63, 3.8) is 0 Å². The molecule has 4 bridgehead atoms. The molecule has 0 radical (unpaired) electrons. The number of halogens is 6. The van der Waals surface area contributed by atoms with Crippen molar-refractivity contribution in [2.75, 3.05) is 12.3 Å². The van der Waals surface area contributed by atoms with E-state index in [0.29, 0.717) is 11.6 Å². The Labute approximate surface area is 230 Å². The van der Waals surface area contributed by atoms with Crippen molar-refractivity contribution in [1.29, 1.82) is 0 Å². The number of hydrogen-bond donors (Lipinski definition) is 2. The van der Waals surface area contributed by atoms with Crippen LogP contribution >= 0.6 is 0 Å². The number of amides is 1. The van der Waals surface area contributed by atoms with E-state index in [1.165, 1.54) is 6.20 Å². The van der Waals surface area contributed by atoms with Crippen LogP contribution in [-0.2, 0) is 23.7 Å². The number of nitrogen functional groups attached to an aromatic ring is 1. The minimum atomic E-state index is -5.20. The highest BCUT2D eigenvalue weighted by Gasteiger charge is 2.58. The van der Waals surface area contributed by atoms with Gasteiger partial charge in [-0.1, -0.05) is 33.3 Å². The van der Waals surface area contributed by atoms with Gasteiger partial charge in [0, 0.05) is 30.4 Å². The van der Waals surface area contributed by atoms with E-state index in [1.54, 1.807) is 12.1 Å². The summed E-state index contributed by atoms with van der Waals surface area (Å²) in [5, 5.41) is 17.3. The average molecular weight is 587 g/mol. The second kappa shape index (κ2) is 10.6. The van der Waals surface area contributed by atoms with E-state index >= 15 is 0 Å². The number of aliphatic hydroxyl groups is 1. The van der Waals surface area contributed by atoms with Gasteiger partial charge in [0.05, 0.1) is 11.3 Å². The molecule has 0 aliphatic carbocycles. The van der Waals surface area contributed by atoms with Gasteiger partial charge in [0.15, 0.2) is 5.69 Å². The number of hydrogen-bond acceptors (Lipinski definition) is 8. The number of carbonyl (C=O) groups excluding carboxylic acids is 1. The first-order chi connectivity index (χ1) is 18.9. The highest BCUT2D eigenvalue weighted by molar-refractivity contribution is 5.95. The van der Waals surface area contributed by atoms with Crippen LogP contribution in [-0.4, -0.2) is 48.8 Å². The summed E-state index contributed by atoms with van der Waals surface area (Å²) in [5.74, 6) is -3.07. The molecular weight excluding hydrogens is 558 g/mol. The van der Waals surface area contributed by atoms with Crippen molar-refractivity contribution in [2.45, 2.75) is 76.4 Å². The van der Waals surface area contributed by atoms with Gasteiger partial charge in [0.1, 0.15) is 5.69 Å². The van der Waals surface area contributed by atoms with E-state index in [1.807, 2.05) is 20.8 Å². The van der Waals surface area contributed by atoms with Crippen molar-refractivity contribution in [1.82, 2.24) is 25.1 Å². The monoisotopic (exact) mass is 586 g/mol. The summed E-state index contributed by atoms with van der Waals surface area (Å²) >= 11 is 0. The van der Waals surface area contributed by atoms with Crippen LogP contribution in [0.25, 0.3) is 11.6 Å². The fraction of sp³-hybridized carbons (Fsp3) is 0.500. The zero-order valence-corrected chi connectivity index (χ0v) is 22.4. The number of anilines is 1. The van der Waals surface area contributed by atoms with E-state index in [0.717, 1.165) is 10.6 Å². The maximum absolute atomic E-state index is 14.0. The largest absolute Gasteiger partial charge is 0.426 e. The van der Waals surface area contributed by atoms with Gasteiger partial charge in [-0.15, -0.1) is 10.2 Å². The molecule has 0 spiro atoms. The highest BCUT2D eigenvalue weighted by atomic mass is 19.4. The smallest absolute Gasteiger partial charge is 0.416 e. The minimum absolute atomic E-state index is 0.0942. The summed E-state index contributed by atoms with van der Waals surface area (Å²) in [6, 6.07) is 3.89. The Balaban J connectivity index is 1.83. The third-order valence-electron chi connectivity index (χ3n) is 6.73. The van der Waals surface area contributed by atoms with Gasteiger partial charge < -0.3 is 20.2 Å². The Morgan fingerprint density at radius 3 is 2.34 bits per heavy atom. The number of nitrogens with two attached hydrogens (primary N) is 1. The second-order valence-corrected chi connectivity index (χ2v) is 10.9. The average Bonchev–Trinajstić information content (AvgIpc) is 3.35. The van der Waals surface area contributed by atoms with Crippen LogP contribution in [0.4, 0.5) is 32.0 Å². The lowest BCUT2D eigenvalue weighted by atomic mass is 9.91. The van der Waals surface area contributed by atoms with Gasteiger partial charge in [0.2, 0.25) is 5.60 Å². The Morgan fingerprint density at radius 2 is 1.76 bits per heavy atom. The van der Waals surface area contributed by atoms with Crippen LogP contribution in [0.1, 0.15) is 79.7 Å². The molecule has 3 aromatic rings. The summed E-state index contributed by atoms with van der Waals surface area (Å²) in [4.78, 5) is 22.9. The zero-order valence-electron chi connectivity index (χ0n) is 22.4. The molecule has 4 heterocycles. The molecule has 0 fully saturated rings. The topological polar surface area (TPSA) is 131 Å². The lowest BCUT2D eigenvalue weighted by Gasteiger charge is -2.28. The van der Waals surface area contributed by atoms with Crippen LogP contribution in [0.15, 0.2) is 28.8 Å². The molecule has 0 unspecified atom stereocenters. The molecule has 222 valence electrons. The maximum Gasteiger partial charge on any atom is 0.426 e. The molecule has 3 N–H and O–H groups in total. The molecule has 1 atom stereocenters. The zero-order chi connectivity index (χ0) is 30.4. The molecular formula is C26H28F6N6O3. The third kappa shape index (κ3) is 6.14. The second-order valence-electron chi connectivity index (χ2n) is 10.9. The number of rotatable bonds is 2. The van der Waals surface area contributed by atoms with Gasteiger partial charge in [-0.3, -0.25) is 9.78 Å². The standard InChI is InChI=1S/C26H28F6N6O3/c1-23(2,3)17-8-7-14(12-34-17)13-38-10-6-4-5-9-24(40,26(30,31)32)22-37-36-20(41-22)19-16(33)11-15(25(27,28)29)18(35-19)21(38)39/h7-8,11-12,40H,4-6,9-10,13,33H2,1-3H3/t24-/m1/s1. The van der Waals surface area contributed by atoms with Crippen LogP contribution in [0, 0.1) is 0 Å². The number of nitrogens with zero attached hydrogens (tertiary/aromatic N) is 5. The Morgan fingerprint density at radius 1 is 1.05 bits per heavy atom. The molecule has 4 rings (SSSR count). The molecule has 1 aliphatic heterocycles. The third-order valence-corrected chi connectivity index (χ3v) is 6.73. The van der Waals surface area contributed by atoms with E-state index in [4.69, 9.17) is 10.2 Å². The van der Waals surface area contributed by atoms with Crippen molar-refractivity contribution < 1.29 is 40.7 Å². The van der Waals surface area contributed by atoms with Gasteiger partial charge in [-0.25, -0.2) is 4.98 Å². The van der Waals surface area contributed by atoms with E-state index in [9.17, 15) is 36.2 Å². The van der Waals surface area contributed by atoms with Crippen molar-refractivity contribution in [3.8, 4) is 11.6 Å². The van der Waals surface area contributed by atoms with E-state index < -0.39 is 64.7 Å². The summed E-state index contributed by atoms with van der Waals surface area (Å²) in [6.45, 7) is 5.60. The fourth-order valence-corrected chi connectivity index (χ4v) is 4.38. The van der Waals surface area contributed by atoms with Gasteiger partial charge in [-0.05, 0) is 37.0 Å². The molecule has 3 aromatic heterocycles. The molecule has 15 heteroatoms. The van der Waals surface area contributed by atoms with Crippen LogP contribution in [0.5, 0.6) is 0 Å². The number of alkyl halides is 6. The summed E-state index contributed by atoms with van der Waals surface area (Å²) in [6.07, 6.45) is -9.53. The summed E-state index contributed by atoms with van der Waals surface area (Å²) in [5.41, 5.74) is -0.503. The number of carbonyl (C=O) groups is 1. The predicted molar refractivity (Wildman–Crippen MR) is 133 cm³/mol. The van der Waals surface area contributed by atoms with Crippen molar-refractivity contribution in [2.24, 2.45) is 0 Å². The first kappa shape index (κ1) is 30.2. The normalized spacial score (nSPS) is 19.3. The number of aromatic nitrogens is 4. The fourth-order valence-electron chi connectivity index (χ4n) is 4.38. The Bertz CT molecular complexity index is 1420. The van der Waals surface area contributed by atoms with Gasteiger partial charge >= 0.3 is 12.4 Å². The van der Waals surface area contributed by atoms with E-state index in [2.05, 4.69) is 20.2 Å². The molecule has 9 nitrogen and oxygen atoms in total. The molecule has 41 heavy (non-hydrogen) atoms. The SMILES string of the molecule is CC(C)(C)c1ccc(CN2CCCCC[C@](O)(C(F)(F)F)c3nnc(o3)-c3nc(c(C(F)(F)F)cc3N)C2=O)cn1. The Hall–Kier alpha value is -3.75. The lowest BCUT2D eigenvalue weighted by molar-refractivity contribution is -0.277. The molecule has 0 saturated carbocycles. The van der Waals surface area contributed by atoms with Crippen LogP contribution in [0.3, 0.4) is 0 Å². The first-order valence-corrected chi connectivity index (χ1v) is 12.7. The first-order valence-electron chi connectivity index (χ1n) is 12.7. The predicted octanol–water partition coefficient (Wildman–Crippen LogP) is 5.39. The molecule has 1 aliphatic rings. The van der Waals surface area contributed by atoms with Gasteiger partial charge in [0.25, 0.3) is 17.7 Å². The maximum atomic E-state index is 14.0. The van der Waals surface area contributed by atoms with E-state index in [-0.39, 0.29) is 37.8 Å². The Kier molecular flexibility index (Phi) is 7.80. The summed E-state index contributed by atoms with van der Waals surface area (Å²) < 4.78 is 88.9. The molecule has 1 amide bonds. The van der Waals surface area contributed by atoms with Crippen molar-refractivity contribution >= 4 is 11.6 Å². The lowest BCUT2D eigenvalue weighted by Crippen LogP contribution is -2.42.